The van der Waals surface area contributed by atoms with Crippen molar-refractivity contribution in [1.82, 2.24) is 19.4 Å². The monoisotopic (exact) mass is 420 g/mol. The van der Waals surface area contributed by atoms with Crippen molar-refractivity contribution in [3.63, 3.8) is 0 Å². The molecule has 6 heteroatoms. The van der Waals surface area contributed by atoms with E-state index in [-0.39, 0.29) is 5.91 Å². The maximum Gasteiger partial charge on any atom is 0.224 e. The number of hydrogen-bond donors (Lipinski definition) is 0. The fourth-order valence-electron chi connectivity index (χ4n) is 4.65. The Balaban J connectivity index is 1.57. The largest absolute Gasteiger partial charge is 0.478 e. The minimum absolute atomic E-state index is 0.239. The number of ether oxygens (including phenoxy) is 1. The van der Waals surface area contributed by atoms with E-state index in [1.165, 1.54) is 19.3 Å². The van der Waals surface area contributed by atoms with E-state index >= 15 is 0 Å². The van der Waals surface area contributed by atoms with Gasteiger partial charge >= 0.3 is 0 Å². The molecule has 0 radical (unpaired) electrons. The highest BCUT2D eigenvalue weighted by Crippen LogP contribution is 2.27. The predicted molar refractivity (Wildman–Crippen MR) is 123 cm³/mol. The summed E-state index contributed by atoms with van der Waals surface area (Å²) in [6, 6.07) is 12.3. The van der Waals surface area contributed by atoms with Crippen molar-refractivity contribution in [2.75, 3.05) is 13.2 Å². The Hall–Kier alpha value is -2.89. The molecule has 2 heterocycles. The van der Waals surface area contributed by atoms with Gasteiger partial charge in [0.15, 0.2) is 0 Å². The molecule has 0 N–H and O–H groups in total. The highest BCUT2D eigenvalue weighted by molar-refractivity contribution is 5.81. The molecule has 31 heavy (non-hydrogen) atoms. The number of pyridine rings is 1. The number of aromatic nitrogens is 3. The average molecular weight is 421 g/mol. The summed E-state index contributed by atoms with van der Waals surface area (Å²) in [5.41, 5.74) is 2.89. The number of amides is 1. The topological polar surface area (TPSA) is 60.3 Å². The Kier molecular flexibility index (Phi) is 6.85. The number of aryl methyl sites for hydroxylation is 1. The molecule has 1 fully saturated rings. The van der Waals surface area contributed by atoms with Crippen LogP contribution in [0, 0.1) is 0 Å². The molecule has 1 aliphatic rings. The fraction of sp³-hybridized carbons (Fsp3) is 0.480. The maximum absolute atomic E-state index is 13.1. The average Bonchev–Trinajstić information content (AvgIpc) is 3.18. The predicted octanol–water partition coefficient (Wildman–Crippen LogP) is 5.07. The second kappa shape index (κ2) is 9.94. The van der Waals surface area contributed by atoms with Crippen LogP contribution in [0.4, 0.5) is 0 Å². The van der Waals surface area contributed by atoms with Gasteiger partial charge in [0.2, 0.25) is 11.8 Å². The van der Waals surface area contributed by atoms with Crippen molar-refractivity contribution >= 4 is 16.9 Å². The minimum Gasteiger partial charge on any atom is -0.478 e. The number of rotatable bonds is 8. The number of nitrogens with zero attached hydrogens (tertiary/aromatic N) is 4. The third-order valence-corrected chi connectivity index (χ3v) is 6.17. The van der Waals surface area contributed by atoms with E-state index in [1.54, 1.807) is 6.20 Å². The molecule has 0 aliphatic heterocycles. The van der Waals surface area contributed by atoms with E-state index < -0.39 is 0 Å². The molecular weight excluding hydrogens is 388 g/mol. The zero-order valence-corrected chi connectivity index (χ0v) is 18.6. The number of hydrogen-bond acceptors (Lipinski definition) is 4. The summed E-state index contributed by atoms with van der Waals surface area (Å²) in [5, 5.41) is 0. The molecule has 1 saturated carbocycles. The van der Waals surface area contributed by atoms with Gasteiger partial charge in [-0.1, -0.05) is 31.4 Å². The summed E-state index contributed by atoms with van der Waals surface area (Å²) in [7, 11) is 0. The van der Waals surface area contributed by atoms with Crippen LogP contribution in [0.25, 0.3) is 22.4 Å². The van der Waals surface area contributed by atoms with E-state index in [4.69, 9.17) is 9.72 Å². The van der Waals surface area contributed by atoms with Crippen LogP contribution in [-0.2, 0) is 11.3 Å². The van der Waals surface area contributed by atoms with Gasteiger partial charge in [0.05, 0.1) is 17.6 Å². The van der Waals surface area contributed by atoms with Gasteiger partial charge in [0.25, 0.3) is 0 Å². The summed E-state index contributed by atoms with van der Waals surface area (Å²) < 4.78 is 7.62. The van der Waals surface area contributed by atoms with E-state index in [9.17, 15) is 4.79 Å². The normalized spacial score (nSPS) is 14.6. The van der Waals surface area contributed by atoms with Crippen molar-refractivity contribution < 1.29 is 9.53 Å². The molecule has 1 aromatic carbocycles. The fourth-order valence-corrected chi connectivity index (χ4v) is 4.65. The van der Waals surface area contributed by atoms with Crippen LogP contribution in [0.1, 0.15) is 52.4 Å². The van der Waals surface area contributed by atoms with E-state index in [0.29, 0.717) is 31.5 Å². The molecule has 164 valence electrons. The Morgan fingerprint density at radius 1 is 1.13 bits per heavy atom. The molecule has 6 nitrogen and oxygen atoms in total. The zero-order valence-electron chi connectivity index (χ0n) is 18.6. The van der Waals surface area contributed by atoms with E-state index in [0.717, 1.165) is 41.8 Å². The van der Waals surface area contributed by atoms with Crippen LogP contribution in [0.3, 0.4) is 0 Å². The molecule has 0 unspecified atom stereocenters. The van der Waals surface area contributed by atoms with Crippen molar-refractivity contribution in [2.45, 2.75) is 65.0 Å². The number of para-hydroxylation sites is 2. The Morgan fingerprint density at radius 3 is 2.65 bits per heavy atom. The summed E-state index contributed by atoms with van der Waals surface area (Å²) in [5.74, 6) is 1.68. The molecule has 0 saturated heterocycles. The second-order valence-corrected chi connectivity index (χ2v) is 8.12. The summed E-state index contributed by atoms with van der Waals surface area (Å²) in [6.45, 7) is 6.01. The summed E-state index contributed by atoms with van der Waals surface area (Å²) >= 11 is 0. The van der Waals surface area contributed by atoms with E-state index in [2.05, 4.69) is 27.4 Å². The van der Waals surface area contributed by atoms with Gasteiger partial charge in [-0.25, -0.2) is 9.97 Å². The molecule has 1 aliphatic carbocycles. The number of fused-ring (bicyclic) bond motifs is 1. The van der Waals surface area contributed by atoms with Crippen molar-refractivity contribution in [3.8, 4) is 17.3 Å². The summed E-state index contributed by atoms with van der Waals surface area (Å²) in [6.07, 6.45) is 8.30. The lowest BCUT2D eigenvalue weighted by molar-refractivity contribution is -0.134. The maximum atomic E-state index is 13.1. The van der Waals surface area contributed by atoms with Gasteiger partial charge in [-0.15, -0.1) is 0 Å². The van der Waals surface area contributed by atoms with Crippen LogP contribution >= 0.6 is 0 Å². The third-order valence-electron chi connectivity index (χ3n) is 6.17. The van der Waals surface area contributed by atoms with Gasteiger partial charge in [0.1, 0.15) is 5.82 Å². The standard InChI is InChI=1S/C25H32N4O2/c1-3-28(20-10-6-5-7-11-20)24(30)16-17-29-22-13-9-8-12-21(22)27-25(29)19-14-15-23(26-18-19)31-4-2/h8-9,12-15,18,20H,3-7,10-11,16-17H2,1-2H3. The highest BCUT2D eigenvalue weighted by Gasteiger charge is 2.24. The first-order valence-electron chi connectivity index (χ1n) is 11.5. The van der Waals surface area contributed by atoms with Gasteiger partial charge < -0.3 is 14.2 Å². The molecule has 3 aromatic rings. The summed E-state index contributed by atoms with van der Waals surface area (Å²) in [4.78, 5) is 24.5. The second-order valence-electron chi connectivity index (χ2n) is 8.12. The lowest BCUT2D eigenvalue weighted by Crippen LogP contribution is -2.41. The van der Waals surface area contributed by atoms with Gasteiger partial charge in [-0.05, 0) is 44.9 Å². The Labute approximate surface area is 184 Å². The van der Waals surface area contributed by atoms with E-state index in [1.807, 2.05) is 37.3 Å². The quantitative estimate of drug-likeness (QED) is 0.511. The minimum atomic E-state index is 0.239. The first-order valence-corrected chi connectivity index (χ1v) is 11.5. The molecule has 2 aromatic heterocycles. The number of benzene rings is 1. The lowest BCUT2D eigenvalue weighted by atomic mass is 9.94. The number of carbonyl (C=O) groups excluding carboxylic acids is 1. The van der Waals surface area contributed by atoms with Crippen LogP contribution in [0.2, 0.25) is 0 Å². The van der Waals surface area contributed by atoms with Crippen molar-refractivity contribution in [3.05, 3.63) is 42.6 Å². The SMILES string of the molecule is CCOc1ccc(-c2nc3ccccc3n2CCC(=O)N(CC)C2CCCCC2)cn1. The van der Waals surface area contributed by atoms with Gasteiger partial charge in [-0.2, -0.15) is 0 Å². The number of carbonyl (C=O) groups is 1. The van der Waals surface area contributed by atoms with Gasteiger partial charge in [0, 0.05) is 43.4 Å². The first-order chi connectivity index (χ1) is 15.2. The lowest BCUT2D eigenvalue weighted by Gasteiger charge is -2.33. The van der Waals surface area contributed by atoms with Crippen LogP contribution in [0.15, 0.2) is 42.6 Å². The molecule has 4 rings (SSSR count). The molecule has 0 spiro atoms. The molecule has 0 bridgehead atoms. The van der Waals surface area contributed by atoms with Crippen molar-refractivity contribution in [2.24, 2.45) is 0 Å². The Bertz CT molecular complexity index is 1010. The first kappa shape index (κ1) is 21.3. The molecule has 0 atom stereocenters. The highest BCUT2D eigenvalue weighted by atomic mass is 16.5. The van der Waals surface area contributed by atoms with Crippen LogP contribution in [-0.4, -0.2) is 44.5 Å². The third kappa shape index (κ3) is 4.73. The Morgan fingerprint density at radius 2 is 1.94 bits per heavy atom. The van der Waals surface area contributed by atoms with Crippen molar-refractivity contribution in [1.29, 1.82) is 0 Å². The number of imidazole rings is 1. The molecular formula is C25H32N4O2. The van der Waals surface area contributed by atoms with Gasteiger partial charge in [-0.3, -0.25) is 4.79 Å². The van der Waals surface area contributed by atoms with Crippen LogP contribution in [0.5, 0.6) is 5.88 Å². The smallest absolute Gasteiger partial charge is 0.224 e. The zero-order chi connectivity index (χ0) is 21.6. The molecule has 1 amide bonds. The van der Waals surface area contributed by atoms with Crippen LogP contribution < -0.4 is 4.74 Å².